The normalized spacial score (nSPS) is 13.0. The van der Waals surface area contributed by atoms with Gasteiger partial charge in [0.15, 0.2) is 0 Å². The maximum atomic E-state index is 11.4. The Kier molecular flexibility index (Phi) is 7.42. The highest BCUT2D eigenvalue weighted by Crippen LogP contribution is 2.09. The van der Waals surface area contributed by atoms with Gasteiger partial charge in [-0.2, -0.15) is 0 Å². The standard InChI is InChI=1S/C12H20N2O4/c1-4-8-18-11(17)14(3)7-5-6-12(2,9-15)13-10-16/h4,9-10H,1,5-8H2,2-3H3,(H,13,16). The predicted octanol–water partition coefficient (Wildman–Crippen LogP) is 0.725. The topological polar surface area (TPSA) is 75.7 Å². The van der Waals surface area contributed by atoms with Crippen LogP contribution in [0.1, 0.15) is 19.8 Å². The highest BCUT2D eigenvalue weighted by Gasteiger charge is 2.22. The molecule has 0 aromatic heterocycles. The smallest absolute Gasteiger partial charge is 0.409 e. The number of hydrogen-bond donors (Lipinski definition) is 1. The third-order valence-electron chi connectivity index (χ3n) is 2.47. The second-order valence-electron chi connectivity index (χ2n) is 4.19. The number of nitrogens with zero attached hydrogens (tertiary/aromatic N) is 1. The minimum absolute atomic E-state index is 0.169. The molecule has 0 saturated carbocycles. The highest BCUT2D eigenvalue weighted by molar-refractivity contribution is 5.69. The lowest BCUT2D eigenvalue weighted by Crippen LogP contribution is -2.43. The van der Waals surface area contributed by atoms with E-state index in [1.54, 1.807) is 14.0 Å². The Morgan fingerprint density at radius 1 is 1.50 bits per heavy atom. The monoisotopic (exact) mass is 256 g/mol. The number of carbonyl (C=O) groups excluding carboxylic acids is 3. The first-order chi connectivity index (χ1) is 8.49. The molecule has 1 unspecified atom stereocenters. The van der Waals surface area contributed by atoms with Crippen molar-refractivity contribution in [2.45, 2.75) is 25.3 Å². The summed E-state index contributed by atoms with van der Waals surface area (Å²) in [7, 11) is 1.61. The van der Waals surface area contributed by atoms with Gasteiger partial charge in [-0.05, 0) is 19.8 Å². The minimum atomic E-state index is -0.881. The van der Waals surface area contributed by atoms with Crippen molar-refractivity contribution >= 4 is 18.8 Å². The Bertz CT molecular complexity index is 306. The van der Waals surface area contributed by atoms with Crippen LogP contribution in [-0.2, 0) is 14.3 Å². The van der Waals surface area contributed by atoms with Gasteiger partial charge in [0, 0.05) is 13.6 Å². The van der Waals surface area contributed by atoms with Crippen LogP contribution in [-0.4, -0.2) is 49.4 Å². The fraction of sp³-hybridized carbons (Fsp3) is 0.583. The van der Waals surface area contributed by atoms with E-state index in [2.05, 4.69) is 11.9 Å². The molecule has 0 aliphatic heterocycles. The van der Waals surface area contributed by atoms with E-state index in [1.165, 1.54) is 11.0 Å². The number of nitrogens with one attached hydrogen (secondary N) is 1. The van der Waals surface area contributed by atoms with E-state index >= 15 is 0 Å². The van der Waals surface area contributed by atoms with Crippen LogP contribution in [0.5, 0.6) is 0 Å². The van der Waals surface area contributed by atoms with Gasteiger partial charge in [0.2, 0.25) is 6.41 Å². The number of rotatable bonds is 9. The van der Waals surface area contributed by atoms with Gasteiger partial charge in [-0.25, -0.2) is 4.79 Å². The summed E-state index contributed by atoms with van der Waals surface area (Å²) < 4.78 is 4.84. The fourth-order valence-electron chi connectivity index (χ4n) is 1.31. The van der Waals surface area contributed by atoms with Gasteiger partial charge < -0.3 is 19.7 Å². The number of amides is 2. The molecule has 1 atom stereocenters. The van der Waals surface area contributed by atoms with Crippen molar-refractivity contribution in [3.63, 3.8) is 0 Å². The zero-order valence-corrected chi connectivity index (χ0v) is 10.8. The van der Waals surface area contributed by atoms with Crippen LogP contribution in [0.15, 0.2) is 12.7 Å². The molecule has 0 spiro atoms. The van der Waals surface area contributed by atoms with Crippen LogP contribution in [0.3, 0.4) is 0 Å². The largest absolute Gasteiger partial charge is 0.445 e. The van der Waals surface area contributed by atoms with E-state index in [0.717, 1.165) is 0 Å². The molecule has 0 aromatic rings. The van der Waals surface area contributed by atoms with Crippen LogP contribution >= 0.6 is 0 Å². The van der Waals surface area contributed by atoms with Crippen LogP contribution in [0.4, 0.5) is 4.79 Å². The van der Waals surface area contributed by atoms with E-state index in [9.17, 15) is 14.4 Å². The summed E-state index contributed by atoms with van der Waals surface area (Å²) in [6.07, 6.45) is 3.27. The van der Waals surface area contributed by atoms with Gasteiger partial charge in [-0.3, -0.25) is 4.79 Å². The summed E-state index contributed by atoms with van der Waals surface area (Å²) in [6.45, 7) is 5.68. The van der Waals surface area contributed by atoms with Crippen molar-refractivity contribution in [1.82, 2.24) is 10.2 Å². The number of hydrogen-bond acceptors (Lipinski definition) is 4. The molecule has 6 heteroatoms. The first kappa shape index (κ1) is 16.1. The summed E-state index contributed by atoms with van der Waals surface area (Å²) in [5.41, 5.74) is -0.881. The van der Waals surface area contributed by atoms with Crippen LogP contribution < -0.4 is 5.32 Å². The third kappa shape index (κ3) is 6.03. The second kappa shape index (κ2) is 8.27. The van der Waals surface area contributed by atoms with E-state index in [4.69, 9.17) is 4.74 Å². The Balaban J connectivity index is 4.01. The van der Waals surface area contributed by atoms with E-state index in [-0.39, 0.29) is 6.61 Å². The molecule has 0 radical (unpaired) electrons. The molecule has 6 nitrogen and oxygen atoms in total. The Labute approximate surface area is 107 Å². The molecular weight excluding hydrogens is 236 g/mol. The zero-order valence-electron chi connectivity index (χ0n) is 10.8. The lowest BCUT2D eigenvalue weighted by molar-refractivity contribution is -0.118. The summed E-state index contributed by atoms with van der Waals surface area (Å²) >= 11 is 0. The van der Waals surface area contributed by atoms with Gasteiger partial charge in [-0.15, -0.1) is 0 Å². The Hall–Kier alpha value is -1.85. The van der Waals surface area contributed by atoms with Crippen LogP contribution in [0.25, 0.3) is 0 Å². The number of aldehydes is 1. The second-order valence-corrected chi connectivity index (χ2v) is 4.19. The number of carbonyl (C=O) groups is 3. The van der Waals surface area contributed by atoms with E-state index in [1.807, 2.05) is 0 Å². The van der Waals surface area contributed by atoms with E-state index < -0.39 is 11.6 Å². The molecule has 18 heavy (non-hydrogen) atoms. The fourth-order valence-corrected chi connectivity index (χ4v) is 1.31. The average Bonchev–Trinajstić information content (AvgIpc) is 2.36. The lowest BCUT2D eigenvalue weighted by atomic mass is 9.98. The van der Waals surface area contributed by atoms with Crippen molar-refractivity contribution in [2.24, 2.45) is 0 Å². The minimum Gasteiger partial charge on any atom is -0.445 e. The molecule has 0 rings (SSSR count). The molecule has 0 aromatic carbocycles. The summed E-state index contributed by atoms with van der Waals surface area (Å²) in [5.74, 6) is 0. The van der Waals surface area contributed by atoms with Crippen molar-refractivity contribution in [1.29, 1.82) is 0 Å². The summed E-state index contributed by atoms with van der Waals surface area (Å²) in [6, 6.07) is 0. The molecule has 0 aliphatic rings. The highest BCUT2D eigenvalue weighted by atomic mass is 16.6. The maximum absolute atomic E-state index is 11.4. The SMILES string of the molecule is C=CCOC(=O)N(C)CCCC(C)(C=O)NC=O. The number of ether oxygens (including phenoxy) is 1. The lowest BCUT2D eigenvalue weighted by Gasteiger charge is -2.23. The van der Waals surface area contributed by atoms with Gasteiger partial charge in [0.05, 0.1) is 5.54 Å². The molecule has 102 valence electrons. The van der Waals surface area contributed by atoms with Crippen molar-refractivity contribution in [3.8, 4) is 0 Å². The van der Waals surface area contributed by atoms with Crippen LogP contribution in [0.2, 0.25) is 0 Å². The average molecular weight is 256 g/mol. The zero-order chi connectivity index (χ0) is 14.0. The van der Waals surface area contributed by atoms with Gasteiger partial charge >= 0.3 is 6.09 Å². The van der Waals surface area contributed by atoms with Gasteiger partial charge in [0.1, 0.15) is 12.9 Å². The van der Waals surface area contributed by atoms with Crippen molar-refractivity contribution < 1.29 is 19.1 Å². The van der Waals surface area contributed by atoms with Crippen LogP contribution in [0, 0.1) is 0 Å². The van der Waals surface area contributed by atoms with Crippen molar-refractivity contribution in [3.05, 3.63) is 12.7 Å². The van der Waals surface area contributed by atoms with Gasteiger partial charge in [0.25, 0.3) is 0 Å². The van der Waals surface area contributed by atoms with Crippen molar-refractivity contribution in [2.75, 3.05) is 20.2 Å². The quantitative estimate of drug-likeness (QED) is 0.487. The molecule has 0 bridgehead atoms. The summed E-state index contributed by atoms with van der Waals surface area (Å²) in [5, 5.41) is 2.45. The van der Waals surface area contributed by atoms with Gasteiger partial charge in [-0.1, -0.05) is 12.7 Å². The molecule has 2 amide bonds. The third-order valence-corrected chi connectivity index (χ3v) is 2.47. The molecule has 0 heterocycles. The molecule has 1 N–H and O–H groups in total. The predicted molar refractivity (Wildman–Crippen MR) is 67.1 cm³/mol. The molecular formula is C12H20N2O4. The van der Waals surface area contributed by atoms with E-state index in [0.29, 0.717) is 32.1 Å². The Morgan fingerprint density at radius 3 is 2.67 bits per heavy atom. The Morgan fingerprint density at radius 2 is 2.17 bits per heavy atom. The first-order valence-corrected chi connectivity index (χ1v) is 5.65. The molecule has 0 saturated heterocycles. The first-order valence-electron chi connectivity index (χ1n) is 5.65. The molecule has 0 aliphatic carbocycles. The maximum Gasteiger partial charge on any atom is 0.409 e. The molecule has 0 fully saturated rings. The summed E-state index contributed by atoms with van der Waals surface area (Å²) in [4.78, 5) is 33.9.